The van der Waals surface area contributed by atoms with Gasteiger partial charge in [-0.3, -0.25) is 4.79 Å². The van der Waals surface area contributed by atoms with Crippen LogP contribution in [-0.4, -0.2) is 46.4 Å². The highest BCUT2D eigenvalue weighted by Gasteiger charge is 2.32. The fourth-order valence-electron chi connectivity index (χ4n) is 1.18. The molecule has 3 N–H and O–H groups in total. The summed E-state index contributed by atoms with van der Waals surface area (Å²) in [6.07, 6.45) is 0.545. The van der Waals surface area contributed by atoms with Crippen molar-refractivity contribution in [2.45, 2.75) is 31.1 Å². The second-order valence-corrected chi connectivity index (χ2v) is 5.04. The topological polar surface area (TPSA) is 69.6 Å². The Morgan fingerprint density at radius 1 is 1.64 bits per heavy atom. The molecule has 0 saturated carbocycles. The van der Waals surface area contributed by atoms with Crippen molar-refractivity contribution >= 4 is 17.7 Å². The van der Waals surface area contributed by atoms with Gasteiger partial charge in [0.25, 0.3) is 0 Å². The summed E-state index contributed by atoms with van der Waals surface area (Å²) in [5.41, 5.74) is -0.873. The summed E-state index contributed by atoms with van der Waals surface area (Å²) in [4.78, 5) is 10.9. The van der Waals surface area contributed by atoms with Crippen LogP contribution in [0.4, 0.5) is 0 Å². The van der Waals surface area contributed by atoms with Crippen LogP contribution in [-0.2, 0) is 4.79 Å². The van der Waals surface area contributed by atoms with Gasteiger partial charge in [0.2, 0.25) is 0 Å². The molecule has 0 rings (SSSR count). The third-order valence-corrected chi connectivity index (χ3v) is 3.37. The molecule has 0 aromatic rings. The second kappa shape index (κ2) is 6.27. The number of thioether (sulfide) groups is 1. The standard InChI is InChI=1S/C9H19NO3S/c1-7(14-5-4-11)6-9(2,10-3)8(12)13/h7,10-11H,4-6H2,1-3H3,(H,12,13). The lowest BCUT2D eigenvalue weighted by atomic mass is 9.97. The van der Waals surface area contributed by atoms with Crippen molar-refractivity contribution in [3.63, 3.8) is 0 Å². The Labute approximate surface area is 89.1 Å². The number of carbonyl (C=O) groups is 1. The summed E-state index contributed by atoms with van der Waals surface area (Å²) in [5, 5.41) is 20.6. The van der Waals surface area contributed by atoms with Crippen molar-refractivity contribution in [3.05, 3.63) is 0 Å². The molecule has 2 atom stereocenters. The SMILES string of the molecule is CNC(C)(CC(C)SCCO)C(=O)O. The minimum absolute atomic E-state index is 0.137. The first-order chi connectivity index (χ1) is 6.46. The van der Waals surface area contributed by atoms with Crippen LogP contribution in [0.25, 0.3) is 0 Å². The summed E-state index contributed by atoms with van der Waals surface area (Å²) in [5.74, 6) is -0.183. The van der Waals surface area contributed by atoms with Gasteiger partial charge in [0.15, 0.2) is 0 Å². The number of hydrogen-bond donors (Lipinski definition) is 3. The van der Waals surface area contributed by atoms with E-state index in [1.807, 2.05) is 6.92 Å². The van der Waals surface area contributed by atoms with E-state index in [1.54, 1.807) is 25.7 Å². The van der Waals surface area contributed by atoms with Crippen LogP contribution < -0.4 is 5.32 Å². The minimum atomic E-state index is -0.873. The van der Waals surface area contributed by atoms with Gasteiger partial charge in [0.1, 0.15) is 5.54 Å². The number of rotatable bonds is 7. The number of aliphatic hydroxyl groups excluding tert-OH is 1. The maximum absolute atomic E-state index is 10.9. The molecule has 4 nitrogen and oxygen atoms in total. The molecule has 0 aromatic heterocycles. The quantitative estimate of drug-likeness (QED) is 0.586. The number of nitrogens with one attached hydrogen (secondary N) is 1. The molecule has 0 radical (unpaired) electrons. The van der Waals surface area contributed by atoms with Gasteiger partial charge in [0, 0.05) is 11.0 Å². The Morgan fingerprint density at radius 2 is 2.21 bits per heavy atom. The Kier molecular flexibility index (Phi) is 6.15. The molecule has 0 spiro atoms. The van der Waals surface area contributed by atoms with Gasteiger partial charge in [-0.2, -0.15) is 11.8 Å². The molecule has 0 bridgehead atoms. The predicted octanol–water partition coefficient (Wildman–Crippen LogP) is 0.553. The average Bonchev–Trinajstić information content (AvgIpc) is 2.14. The molecular weight excluding hydrogens is 202 g/mol. The van der Waals surface area contributed by atoms with Crippen molar-refractivity contribution in [3.8, 4) is 0 Å². The van der Waals surface area contributed by atoms with Gasteiger partial charge in [-0.15, -0.1) is 0 Å². The van der Waals surface area contributed by atoms with E-state index in [0.717, 1.165) is 0 Å². The Hall–Kier alpha value is -0.260. The monoisotopic (exact) mass is 221 g/mol. The lowest BCUT2D eigenvalue weighted by molar-refractivity contribution is -0.144. The molecule has 84 valence electrons. The second-order valence-electron chi connectivity index (χ2n) is 3.50. The molecule has 0 aliphatic heterocycles. The van der Waals surface area contributed by atoms with Gasteiger partial charge >= 0.3 is 5.97 Å². The number of aliphatic hydroxyl groups is 1. The van der Waals surface area contributed by atoms with Crippen LogP contribution >= 0.6 is 11.8 Å². The van der Waals surface area contributed by atoms with Crippen LogP contribution in [0.2, 0.25) is 0 Å². The van der Waals surface area contributed by atoms with E-state index in [-0.39, 0.29) is 11.9 Å². The summed E-state index contributed by atoms with van der Waals surface area (Å²) >= 11 is 1.58. The van der Waals surface area contributed by atoms with Crippen molar-refractivity contribution < 1.29 is 15.0 Å². The van der Waals surface area contributed by atoms with Gasteiger partial charge in [-0.05, 0) is 20.4 Å². The first-order valence-electron chi connectivity index (χ1n) is 4.61. The van der Waals surface area contributed by atoms with Crippen molar-refractivity contribution in [2.24, 2.45) is 0 Å². The molecule has 0 fully saturated rings. The van der Waals surface area contributed by atoms with E-state index in [0.29, 0.717) is 12.2 Å². The van der Waals surface area contributed by atoms with E-state index in [9.17, 15) is 4.79 Å². The first kappa shape index (κ1) is 13.7. The van der Waals surface area contributed by atoms with E-state index in [4.69, 9.17) is 10.2 Å². The molecule has 2 unspecified atom stereocenters. The number of aliphatic carboxylic acids is 1. The zero-order valence-corrected chi connectivity index (χ0v) is 9.73. The van der Waals surface area contributed by atoms with Crippen LogP contribution in [0, 0.1) is 0 Å². The van der Waals surface area contributed by atoms with Crippen molar-refractivity contribution in [1.82, 2.24) is 5.32 Å². The maximum atomic E-state index is 10.9. The van der Waals surface area contributed by atoms with Gasteiger partial charge in [-0.1, -0.05) is 6.92 Å². The third-order valence-electron chi connectivity index (χ3n) is 2.21. The van der Waals surface area contributed by atoms with Crippen LogP contribution in [0.3, 0.4) is 0 Å². The van der Waals surface area contributed by atoms with Crippen LogP contribution in [0.1, 0.15) is 20.3 Å². The number of likely N-dealkylation sites (N-methyl/N-ethyl adjacent to an activating group) is 1. The lowest BCUT2D eigenvalue weighted by Crippen LogP contribution is -2.49. The lowest BCUT2D eigenvalue weighted by Gasteiger charge is -2.27. The summed E-state index contributed by atoms with van der Waals surface area (Å²) in [7, 11) is 1.65. The highest BCUT2D eigenvalue weighted by Crippen LogP contribution is 2.21. The van der Waals surface area contributed by atoms with Crippen LogP contribution in [0.5, 0.6) is 0 Å². The molecule has 0 heterocycles. The van der Waals surface area contributed by atoms with Gasteiger partial charge in [0.05, 0.1) is 6.61 Å². The molecule has 0 aliphatic carbocycles. The molecule has 0 amide bonds. The summed E-state index contributed by atoms with van der Waals surface area (Å²) < 4.78 is 0. The minimum Gasteiger partial charge on any atom is -0.480 e. The van der Waals surface area contributed by atoms with E-state index in [1.165, 1.54) is 0 Å². The molecule has 14 heavy (non-hydrogen) atoms. The first-order valence-corrected chi connectivity index (χ1v) is 5.66. The Bertz CT molecular complexity index is 189. The molecule has 5 heteroatoms. The zero-order chi connectivity index (χ0) is 11.2. The zero-order valence-electron chi connectivity index (χ0n) is 8.91. The van der Waals surface area contributed by atoms with E-state index < -0.39 is 11.5 Å². The number of carboxylic acid groups (broad SMARTS) is 1. The van der Waals surface area contributed by atoms with Crippen molar-refractivity contribution in [1.29, 1.82) is 0 Å². The van der Waals surface area contributed by atoms with E-state index >= 15 is 0 Å². The number of hydrogen-bond acceptors (Lipinski definition) is 4. The molecule has 0 aromatic carbocycles. The predicted molar refractivity (Wildman–Crippen MR) is 58.7 cm³/mol. The summed E-state index contributed by atoms with van der Waals surface area (Å²) in [6.45, 7) is 3.78. The Balaban J connectivity index is 4.10. The molecule has 0 saturated heterocycles. The van der Waals surface area contributed by atoms with Gasteiger partial charge < -0.3 is 15.5 Å². The smallest absolute Gasteiger partial charge is 0.323 e. The molecule has 0 aliphatic rings. The normalized spacial score (nSPS) is 17.4. The largest absolute Gasteiger partial charge is 0.480 e. The fraction of sp³-hybridized carbons (Fsp3) is 0.889. The molecular formula is C9H19NO3S. The van der Waals surface area contributed by atoms with Crippen LogP contribution in [0.15, 0.2) is 0 Å². The average molecular weight is 221 g/mol. The Morgan fingerprint density at radius 3 is 2.57 bits per heavy atom. The third kappa shape index (κ3) is 4.30. The fourth-order valence-corrected chi connectivity index (χ4v) is 2.14. The highest BCUT2D eigenvalue weighted by molar-refractivity contribution is 7.99. The number of carboxylic acids is 1. The summed E-state index contributed by atoms with van der Waals surface area (Å²) in [6, 6.07) is 0. The van der Waals surface area contributed by atoms with E-state index in [2.05, 4.69) is 5.32 Å². The maximum Gasteiger partial charge on any atom is 0.323 e. The van der Waals surface area contributed by atoms with Crippen molar-refractivity contribution in [2.75, 3.05) is 19.4 Å². The highest BCUT2D eigenvalue weighted by atomic mass is 32.2. The van der Waals surface area contributed by atoms with Gasteiger partial charge in [-0.25, -0.2) is 0 Å².